The molecule has 98 valence electrons. The van der Waals surface area contributed by atoms with Gasteiger partial charge in [0.25, 0.3) is 0 Å². The van der Waals surface area contributed by atoms with Crippen molar-refractivity contribution in [1.29, 1.82) is 0 Å². The van der Waals surface area contributed by atoms with Crippen molar-refractivity contribution in [3.8, 4) is 0 Å². The van der Waals surface area contributed by atoms with Crippen LogP contribution in [0.2, 0.25) is 27.2 Å². The fourth-order valence-electron chi connectivity index (χ4n) is 1.66. The second-order valence-electron chi connectivity index (χ2n) is 4.51. The molecule has 0 aliphatic carbocycles. The van der Waals surface area contributed by atoms with Crippen molar-refractivity contribution in [2.75, 3.05) is 0 Å². The Balaban J connectivity index is 0. The molecule has 0 spiro atoms. The van der Waals surface area contributed by atoms with Gasteiger partial charge in [-0.2, -0.15) is 0 Å². The molecule has 0 atom stereocenters. The monoisotopic (exact) mass is 350 g/mol. The first kappa shape index (κ1) is 19.4. The zero-order chi connectivity index (χ0) is 12.6. The van der Waals surface area contributed by atoms with Crippen molar-refractivity contribution >= 4 is 30.1 Å². The third kappa shape index (κ3) is 17.5. The maximum absolute atomic E-state index is 2.33. The third-order valence-corrected chi connectivity index (χ3v) is 9.33. The van der Waals surface area contributed by atoms with Crippen LogP contribution in [0.1, 0.15) is 59.3 Å². The maximum atomic E-state index is 2.33. The van der Waals surface area contributed by atoms with Gasteiger partial charge >= 0.3 is 117 Å². The minimum absolute atomic E-state index is 0.552. The Labute approximate surface area is 116 Å². The molecule has 0 aromatic carbocycles. The van der Waals surface area contributed by atoms with Crippen molar-refractivity contribution in [3.05, 3.63) is 0 Å². The summed E-state index contributed by atoms with van der Waals surface area (Å²) in [6, 6.07) is 0. The summed E-state index contributed by atoms with van der Waals surface area (Å²) >= 11 is 0.135. The Hall–Kier alpha value is 1.10. The van der Waals surface area contributed by atoms with E-state index in [1.807, 2.05) is 0 Å². The van der Waals surface area contributed by atoms with Gasteiger partial charge < -0.3 is 0 Å². The molecule has 0 saturated heterocycles. The topological polar surface area (TPSA) is 0 Å². The summed E-state index contributed by atoms with van der Waals surface area (Å²) < 4.78 is 0. The van der Waals surface area contributed by atoms with Crippen LogP contribution in [0.3, 0.4) is 0 Å². The molecule has 2 heteroatoms. The van der Waals surface area contributed by atoms with Crippen LogP contribution < -0.4 is 0 Å². The molecule has 16 heavy (non-hydrogen) atoms. The van der Waals surface area contributed by atoms with E-state index in [4.69, 9.17) is 0 Å². The normalized spacial score (nSPS) is 10.1. The van der Waals surface area contributed by atoms with Gasteiger partial charge in [0.15, 0.2) is 0 Å². The van der Waals surface area contributed by atoms with Crippen molar-refractivity contribution in [1.82, 2.24) is 0 Å². The molecule has 0 saturated carbocycles. The first-order valence-corrected chi connectivity index (χ1v) is 15.3. The van der Waals surface area contributed by atoms with E-state index in [9.17, 15) is 0 Å². The molecule has 0 amide bonds. The number of hydrogen-bond donors (Lipinski definition) is 0. The van der Waals surface area contributed by atoms with Gasteiger partial charge in [-0.3, -0.25) is 0 Å². The molecule has 0 fully saturated rings. The van der Waals surface area contributed by atoms with E-state index in [0.29, 0.717) is 15.8 Å². The first-order chi connectivity index (χ1) is 7.76. The zero-order valence-electron chi connectivity index (χ0n) is 12.3. The van der Waals surface area contributed by atoms with Crippen LogP contribution in [0.25, 0.3) is 0 Å². The third-order valence-electron chi connectivity index (χ3n) is 2.65. The predicted molar refractivity (Wildman–Crippen MR) is 82.4 cm³/mol. The average Bonchev–Trinajstić information content (AvgIpc) is 2.29. The summed E-state index contributed by atoms with van der Waals surface area (Å²) in [7, 11) is 0. The minimum atomic E-state index is -0.552. The summed E-state index contributed by atoms with van der Waals surface area (Å²) in [5.41, 5.74) is 4.44. The molecule has 0 N–H and O–H groups in total. The van der Waals surface area contributed by atoms with E-state index in [1.165, 1.54) is 38.5 Å². The second kappa shape index (κ2) is 18.5. The fraction of sp³-hybridized carbons (Fsp3) is 1.00. The van der Waals surface area contributed by atoms with E-state index in [0.717, 1.165) is 0 Å². The SMILES string of the molecule is CCC[CH2][Ge]([CH2]CCC)[CH2]CCC.C[As]C. The van der Waals surface area contributed by atoms with E-state index in [2.05, 4.69) is 32.2 Å². The molecule has 0 aliphatic heterocycles. The molecule has 0 rings (SSSR count). The van der Waals surface area contributed by atoms with Crippen LogP contribution in [0.5, 0.6) is 0 Å². The predicted octanol–water partition coefficient (Wildman–Crippen LogP) is 5.67. The van der Waals surface area contributed by atoms with E-state index < -0.39 is 14.3 Å². The summed E-state index contributed by atoms with van der Waals surface area (Å²) in [4.78, 5) is 0. The van der Waals surface area contributed by atoms with E-state index in [1.54, 1.807) is 15.8 Å². The van der Waals surface area contributed by atoms with E-state index >= 15 is 0 Å². The van der Waals surface area contributed by atoms with Crippen molar-refractivity contribution in [3.63, 3.8) is 0 Å². The molecule has 0 bridgehead atoms. The van der Waals surface area contributed by atoms with Gasteiger partial charge in [-0.1, -0.05) is 0 Å². The van der Waals surface area contributed by atoms with Crippen molar-refractivity contribution in [2.45, 2.75) is 86.5 Å². The molecule has 0 unspecified atom stereocenters. The molecular formula is C14H33AsGe. The number of unbranched alkanes of at least 4 members (excludes halogenated alkanes) is 3. The van der Waals surface area contributed by atoms with Gasteiger partial charge in [0, 0.05) is 0 Å². The van der Waals surface area contributed by atoms with Gasteiger partial charge in [-0.05, 0) is 0 Å². The van der Waals surface area contributed by atoms with Crippen molar-refractivity contribution in [2.24, 2.45) is 0 Å². The Morgan fingerprint density at radius 3 is 1.12 bits per heavy atom. The Kier molecular flexibility index (Phi) is 22.4. The zero-order valence-corrected chi connectivity index (χ0v) is 16.3. The average molecular weight is 349 g/mol. The molecule has 0 nitrogen and oxygen atoms in total. The molecule has 0 aromatic heterocycles. The van der Waals surface area contributed by atoms with Gasteiger partial charge in [0.05, 0.1) is 0 Å². The van der Waals surface area contributed by atoms with Crippen molar-refractivity contribution < 1.29 is 0 Å². The van der Waals surface area contributed by atoms with E-state index in [-0.39, 0.29) is 0 Å². The summed E-state index contributed by atoms with van der Waals surface area (Å²) in [5.74, 6) is 0. The van der Waals surface area contributed by atoms with Crippen LogP contribution in [0.4, 0.5) is 0 Å². The summed E-state index contributed by atoms with van der Waals surface area (Å²) in [5, 5.41) is 4.95. The quantitative estimate of drug-likeness (QED) is 0.471. The molecule has 2 radical (unpaired) electrons. The summed E-state index contributed by atoms with van der Waals surface area (Å²) in [6.45, 7) is 6.99. The van der Waals surface area contributed by atoms with Gasteiger partial charge in [-0.15, -0.1) is 0 Å². The molecule has 0 aromatic rings. The fourth-order valence-corrected chi connectivity index (χ4v) is 8.60. The van der Waals surface area contributed by atoms with Gasteiger partial charge in [0.2, 0.25) is 0 Å². The Morgan fingerprint density at radius 2 is 0.938 bits per heavy atom. The standard InChI is InChI=1S/C12H27Ge.C2H6As/c1-4-7-10-13(11-8-5-2)12-9-6-3;1-3-2/h4-12H2,1-3H3;1-2H3. The van der Waals surface area contributed by atoms with Crippen LogP contribution in [0, 0.1) is 0 Å². The second-order valence-corrected chi connectivity index (χ2v) is 12.7. The number of hydrogen-bond acceptors (Lipinski definition) is 0. The van der Waals surface area contributed by atoms with Crippen LogP contribution in [0.15, 0.2) is 0 Å². The number of rotatable bonds is 9. The first-order valence-electron chi connectivity index (χ1n) is 7.08. The van der Waals surface area contributed by atoms with Crippen LogP contribution >= 0.6 is 0 Å². The van der Waals surface area contributed by atoms with Crippen LogP contribution in [-0.4, -0.2) is 30.1 Å². The molecule has 0 heterocycles. The Morgan fingerprint density at radius 1 is 0.688 bits per heavy atom. The Bertz CT molecular complexity index is 87.9. The molecule has 0 aliphatic rings. The van der Waals surface area contributed by atoms with Crippen LogP contribution in [-0.2, 0) is 0 Å². The summed E-state index contributed by atoms with van der Waals surface area (Å²) in [6.07, 6.45) is 8.78. The van der Waals surface area contributed by atoms with Gasteiger partial charge in [0.1, 0.15) is 0 Å². The van der Waals surface area contributed by atoms with Gasteiger partial charge in [-0.25, -0.2) is 0 Å². The molecular weight excluding hydrogens is 316 g/mol.